The second-order valence-corrected chi connectivity index (χ2v) is 8.69. The third-order valence-corrected chi connectivity index (χ3v) is 6.38. The first-order valence-electron chi connectivity index (χ1n) is 9.75. The zero-order valence-electron chi connectivity index (χ0n) is 16.6. The molecular formula is C19H32IN5OS. The minimum Gasteiger partial charge on any atom is -0.357 e. The Hall–Kier alpha value is -0.900. The number of hydrogen-bond acceptors (Lipinski definition) is 4. The van der Waals surface area contributed by atoms with Gasteiger partial charge in [-0.2, -0.15) is 0 Å². The monoisotopic (exact) mass is 505 g/mol. The Labute approximate surface area is 183 Å². The van der Waals surface area contributed by atoms with Crippen molar-refractivity contribution in [3.63, 3.8) is 0 Å². The molecule has 27 heavy (non-hydrogen) atoms. The highest BCUT2D eigenvalue weighted by Crippen LogP contribution is 2.36. The number of nitrogens with one attached hydrogen (secondary N) is 2. The fraction of sp³-hybridized carbons (Fsp3) is 0.737. The lowest BCUT2D eigenvalue weighted by Crippen LogP contribution is -2.51. The van der Waals surface area contributed by atoms with Crippen LogP contribution in [0.15, 0.2) is 10.4 Å². The average Bonchev–Trinajstić information content (AvgIpc) is 3.22. The predicted molar refractivity (Wildman–Crippen MR) is 122 cm³/mol. The Morgan fingerprint density at radius 1 is 1.52 bits per heavy atom. The molecule has 3 heterocycles. The number of aliphatic imine (C=N–C) groups is 1. The predicted octanol–water partition coefficient (Wildman–Crippen LogP) is 2.99. The molecule has 0 bridgehead atoms. The highest BCUT2D eigenvalue weighted by Gasteiger charge is 2.42. The van der Waals surface area contributed by atoms with Gasteiger partial charge in [0.05, 0.1) is 10.7 Å². The first-order valence-corrected chi connectivity index (χ1v) is 10.6. The summed E-state index contributed by atoms with van der Waals surface area (Å²) in [5, 5.41) is 9.80. The zero-order valence-corrected chi connectivity index (χ0v) is 19.7. The molecule has 2 aliphatic heterocycles. The van der Waals surface area contributed by atoms with Gasteiger partial charge in [-0.1, -0.05) is 13.8 Å². The van der Waals surface area contributed by atoms with Crippen LogP contribution < -0.4 is 10.6 Å². The number of nitrogens with zero attached hydrogens (tertiary/aromatic N) is 3. The molecule has 6 nitrogen and oxygen atoms in total. The van der Waals surface area contributed by atoms with Crippen LogP contribution in [0.4, 0.5) is 0 Å². The first kappa shape index (κ1) is 22.4. The maximum atomic E-state index is 11.7. The van der Waals surface area contributed by atoms with Crippen molar-refractivity contribution in [2.24, 2.45) is 10.4 Å². The van der Waals surface area contributed by atoms with Crippen molar-refractivity contribution < 1.29 is 4.79 Å². The Balaban J connectivity index is 0.00000261. The summed E-state index contributed by atoms with van der Waals surface area (Å²) in [6.45, 7) is 10.8. The fourth-order valence-electron chi connectivity index (χ4n) is 3.83. The van der Waals surface area contributed by atoms with Gasteiger partial charge in [-0.05, 0) is 19.8 Å². The van der Waals surface area contributed by atoms with E-state index in [9.17, 15) is 4.79 Å². The number of amides is 1. The Morgan fingerprint density at radius 3 is 2.96 bits per heavy atom. The lowest BCUT2D eigenvalue weighted by atomic mass is 9.79. The summed E-state index contributed by atoms with van der Waals surface area (Å²) >= 11 is 1.74. The van der Waals surface area contributed by atoms with Crippen molar-refractivity contribution in [2.45, 2.75) is 52.4 Å². The van der Waals surface area contributed by atoms with E-state index >= 15 is 0 Å². The van der Waals surface area contributed by atoms with Crippen LogP contribution in [0.3, 0.4) is 0 Å². The summed E-state index contributed by atoms with van der Waals surface area (Å²) in [4.78, 5) is 23.6. The molecule has 2 fully saturated rings. The number of rotatable bonds is 5. The van der Waals surface area contributed by atoms with Crippen LogP contribution in [-0.2, 0) is 11.2 Å². The summed E-state index contributed by atoms with van der Waals surface area (Å²) in [7, 11) is 0. The molecular weight excluding hydrogens is 473 g/mol. The second kappa shape index (κ2) is 10.0. The van der Waals surface area contributed by atoms with E-state index in [4.69, 9.17) is 9.98 Å². The van der Waals surface area contributed by atoms with Crippen molar-refractivity contribution in [3.05, 3.63) is 16.1 Å². The van der Waals surface area contributed by atoms with E-state index in [2.05, 4.69) is 41.7 Å². The van der Waals surface area contributed by atoms with E-state index in [0.29, 0.717) is 12.3 Å². The average molecular weight is 505 g/mol. The molecule has 1 aromatic heterocycles. The van der Waals surface area contributed by atoms with Crippen LogP contribution in [0.2, 0.25) is 0 Å². The Kier molecular flexibility index (Phi) is 8.33. The molecule has 1 aromatic rings. The fourth-order valence-corrected chi connectivity index (χ4v) is 4.70. The normalized spacial score (nSPS) is 22.9. The smallest absolute Gasteiger partial charge is 0.220 e. The van der Waals surface area contributed by atoms with Gasteiger partial charge in [0.15, 0.2) is 5.96 Å². The minimum absolute atomic E-state index is 0. The van der Waals surface area contributed by atoms with E-state index in [-0.39, 0.29) is 35.3 Å². The molecule has 0 aliphatic carbocycles. The van der Waals surface area contributed by atoms with Gasteiger partial charge in [0, 0.05) is 62.3 Å². The van der Waals surface area contributed by atoms with Gasteiger partial charge in [-0.3, -0.25) is 9.79 Å². The summed E-state index contributed by atoms with van der Waals surface area (Å²) in [5.41, 5.74) is 1.23. The van der Waals surface area contributed by atoms with E-state index in [1.54, 1.807) is 11.3 Å². The maximum absolute atomic E-state index is 11.7. The number of piperidine rings is 1. The Bertz CT molecular complexity index is 662. The molecule has 0 radical (unpaired) electrons. The summed E-state index contributed by atoms with van der Waals surface area (Å²) in [6.07, 6.45) is 3.76. The van der Waals surface area contributed by atoms with Gasteiger partial charge in [0.2, 0.25) is 5.91 Å². The standard InChI is InChI=1S/C19H31N5OS.HI/c1-4-20-18(21-8-6-15-11-26-17(23-15)14(2)3)24-9-5-7-19(13-24)10-16(25)22-12-19;/h11,14H,4-10,12-13H2,1-3H3,(H,20,21)(H,22,25);1H. The first-order chi connectivity index (χ1) is 12.5. The van der Waals surface area contributed by atoms with E-state index in [0.717, 1.165) is 63.6 Å². The molecule has 1 unspecified atom stereocenters. The van der Waals surface area contributed by atoms with Gasteiger partial charge in [-0.15, -0.1) is 35.3 Å². The number of likely N-dealkylation sites (tertiary alicyclic amines) is 1. The molecule has 0 aromatic carbocycles. The third kappa shape index (κ3) is 5.79. The molecule has 8 heteroatoms. The molecule has 2 N–H and O–H groups in total. The lowest BCUT2D eigenvalue weighted by molar-refractivity contribution is -0.119. The number of guanidine groups is 1. The third-order valence-electron chi connectivity index (χ3n) is 5.18. The molecule has 1 amide bonds. The maximum Gasteiger partial charge on any atom is 0.220 e. The highest BCUT2D eigenvalue weighted by atomic mass is 127. The van der Waals surface area contributed by atoms with E-state index < -0.39 is 0 Å². The van der Waals surface area contributed by atoms with Crippen LogP contribution in [0.1, 0.15) is 56.7 Å². The van der Waals surface area contributed by atoms with Gasteiger partial charge in [0.25, 0.3) is 0 Å². The largest absolute Gasteiger partial charge is 0.357 e. The van der Waals surface area contributed by atoms with Crippen LogP contribution in [0.25, 0.3) is 0 Å². The SMILES string of the molecule is CCNC(=NCCc1csc(C(C)C)n1)N1CCCC2(CNC(=O)C2)C1.I. The number of halogens is 1. The van der Waals surface area contributed by atoms with Crippen LogP contribution >= 0.6 is 35.3 Å². The van der Waals surface area contributed by atoms with Gasteiger partial charge < -0.3 is 15.5 Å². The topological polar surface area (TPSA) is 69.6 Å². The summed E-state index contributed by atoms with van der Waals surface area (Å²) in [6, 6.07) is 0. The summed E-state index contributed by atoms with van der Waals surface area (Å²) < 4.78 is 0. The summed E-state index contributed by atoms with van der Waals surface area (Å²) in [5.74, 6) is 1.66. The van der Waals surface area contributed by atoms with Gasteiger partial charge in [-0.25, -0.2) is 4.98 Å². The molecule has 3 rings (SSSR count). The highest BCUT2D eigenvalue weighted by molar-refractivity contribution is 14.0. The molecule has 0 saturated carbocycles. The van der Waals surface area contributed by atoms with Crippen molar-refractivity contribution >= 4 is 47.2 Å². The molecule has 152 valence electrons. The van der Waals surface area contributed by atoms with E-state index in [1.165, 1.54) is 5.01 Å². The zero-order chi connectivity index (χ0) is 18.6. The molecule has 1 spiro atoms. The quantitative estimate of drug-likeness (QED) is 0.367. The number of carbonyl (C=O) groups excluding carboxylic acids is 1. The second-order valence-electron chi connectivity index (χ2n) is 7.80. The van der Waals surface area contributed by atoms with Crippen molar-refractivity contribution in [1.82, 2.24) is 20.5 Å². The van der Waals surface area contributed by atoms with Crippen LogP contribution in [0.5, 0.6) is 0 Å². The van der Waals surface area contributed by atoms with Crippen molar-refractivity contribution in [2.75, 3.05) is 32.7 Å². The number of hydrogen-bond donors (Lipinski definition) is 2. The van der Waals surface area contributed by atoms with Crippen LogP contribution in [0, 0.1) is 5.41 Å². The van der Waals surface area contributed by atoms with Gasteiger partial charge in [0.1, 0.15) is 0 Å². The number of carbonyl (C=O) groups is 1. The molecule has 2 aliphatic rings. The minimum atomic E-state index is 0. The van der Waals surface area contributed by atoms with Crippen LogP contribution in [-0.4, -0.2) is 54.5 Å². The van der Waals surface area contributed by atoms with Crippen molar-refractivity contribution in [3.8, 4) is 0 Å². The lowest BCUT2D eigenvalue weighted by Gasteiger charge is -2.40. The van der Waals surface area contributed by atoms with Gasteiger partial charge >= 0.3 is 0 Å². The number of aromatic nitrogens is 1. The molecule has 1 atom stereocenters. The van der Waals surface area contributed by atoms with Crippen molar-refractivity contribution in [1.29, 1.82) is 0 Å². The number of thiazole rings is 1. The molecule has 2 saturated heterocycles. The van der Waals surface area contributed by atoms with E-state index in [1.807, 2.05) is 0 Å². The Morgan fingerprint density at radius 2 is 2.33 bits per heavy atom.